The number of likely N-dealkylation sites (N-methyl/N-ethyl adjacent to an activating group) is 1. The van der Waals surface area contributed by atoms with Gasteiger partial charge in [-0.3, -0.25) is 0 Å². The number of fused-ring (bicyclic) bond motifs is 1. The highest BCUT2D eigenvalue weighted by atomic mass is 79.9. The first-order valence-corrected chi connectivity index (χ1v) is 10.3. The summed E-state index contributed by atoms with van der Waals surface area (Å²) in [6, 6.07) is 14.1. The summed E-state index contributed by atoms with van der Waals surface area (Å²) in [5.41, 5.74) is 2.20. The Kier molecular flexibility index (Phi) is 4.67. The molecule has 1 aliphatic rings. The van der Waals surface area contributed by atoms with Gasteiger partial charge < -0.3 is 14.8 Å². The molecule has 0 bridgehead atoms. The molecule has 130 valence electrons. The van der Waals surface area contributed by atoms with Crippen molar-refractivity contribution in [1.82, 2.24) is 9.88 Å². The third kappa shape index (κ3) is 3.26. The van der Waals surface area contributed by atoms with Gasteiger partial charge >= 0.3 is 0 Å². The van der Waals surface area contributed by atoms with Gasteiger partial charge in [-0.05, 0) is 43.4 Å². The number of rotatable bonds is 3. The first-order valence-electron chi connectivity index (χ1n) is 8.34. The summed E-state index contributed by atoms with van der Waals surface area (Å²) < 4.78 is 14.0. The van der Waals surface area contributed by atoms with Gasteiger partial charge in [0.25, 0.3) is 0 Å². The van der Waals surface area contributed by atoms with Crippen molar-refractivity contribution < 1.29 is 4.21 Å². The van der Waals surface area contributed by atoms with Crippen molar-refractivity contribution in [1.29, 1.82) is 0 Å². The SMILES string of the molecule is CN1CCN(c2ccc(S(=O)c3c[nH]c4cccc(Br)c34)cc2)CC1. The zero-order chi connectivity index (χ0) is 17.4. The molecular formula is C19H20BrN3OS. The van der Waals surface area contributed by atoms with E-state index in [-0.39, 0.29) is 0 Å². The Morgan fingerprint density at radius 1 is 1.04 bits per heavy atom. The molecule has 3 aromatic rings. The summed E-state index contributed by atoms with van der Waals surface area (Å²) in [6.45, 7) is 4.23. The highest BCUT2D eigenvalue weighted by molar-refractivity contribution is 9.10. The van der Waals surface area contributed by atoms with E-state index in [4.69, 9.17) is 0 Å². The number of hydrogen-bond acceptors (Lipinski definition) is 3. The van der Waals surface area contributed by atoms with Crippen molar-refractivity contribution in [2.24, 2.45) is 0 Å². The summed E-state index contributed by atoms with van der Waals surface area (Å²) >= 11 is 3.57. The molecule has 0 amide bonds. The Hall–Kier alpha value is -1.63. The fraction of sp³-hybridized carbons (Fsp3) is 0.263. The lowest BCUT2D eigenvalue weighted by Gasteiger charge is -2.34. The van der Waals surface area contributed by atoms with E-state index in [0.29, 0.717) is 0 Å². The normalized spacial score (nSPS) is 17.1. The van der Waals surface area contributed by atoms with E-state index >= 15 is 0 Å². The number of H-pyrrole nitrogens is 1. The molecule has 1 atom stereocenters. The zero-order valence-corrected chi connectivity index (χ0v) is 16.4. The van der Waals surface area contributed by atoms with Gasteiger partial charge in [0.1, 0.15) is 0 Å². The van der Waals surface area contributed by atoms with E-state index in [1.165, 1.54) is 5.69 Å². The van der Waals surface area contributed by atoms with Crippen LogP contribution in [0.1, 0.15) is 0 Å². The van der Waals surface area contributed by atoms with Crippen LogP contribution >= 0.6 is 15.9 Å². The average molecular weight is 418 g/mol. The molecule has 2 aromatic carbocycles. The fourth-order valence-electron chi connectivity index (χ4n) is 3.23. The molecule has 0 saturated carbocycles. The summed E-state index contributed by atoms with van der Waals surface area (Å²) in [7, 11) is 0.948. The van der Waals surface area contributed by atoms with Gasteiger partial charge in [0.15, 0.2) is 0 Å². The molecule has 2 heterocycles. The molecule has 25 heavy (non-hydrogen) atoms. The fourth-order valence-corrected chi connectivity index (χ4v) is 5.15. The maximum Gasteiger partial charge on any atom is 0.0871 e. The lowest BCUT2D eigenvalue weighted by Crippen LogP contribution is -2.44. The number of piperazine rings is 1. The lowest BCUT2D eigenvalue weighted by molar-refractivity contribution is 0.313. The molecule has 1 saturated heterocycles. The van der Waals surface area contributed by atoms with Crippen LogP contribution < -0.4 is 4.90 Å². The molecule has 1 aliphatic heterocycles. The second kappa shape index (κ2) is 6.94. The van der Waals surface area contributed by atoms with E-state index in [2.05, 4.69) is 49.9 Å². The number of halogens is 1. The largest absolute Gasteiger partial charge is 0.369 e. The van der Waals surface area contributed by atoms with Crippen molar-refractivity contribution in [3.63, 3.8) is 0 Å². The van der Waals surface area contributed by atoms with E-state index in [1.807, 2.05) is 36.5 Å². The summed E-state index contributed by atoms with van der Waals surface area (Å²) in [4.78, 5) is 9.58. The molecule has 4 rings (SSSR count). The van der Waals surface area contributed by atoms with Crippen LogP contribution in [0.2, 0.25) is 0 Å². The van der Waals surface area contributed by atoms with Crippen LogP contribution in [0.25, 0.3) is 10.9 Å². The Morgan fingerprint density at radius 2 is 1.76 bits per heavy atom. The number of nitrogens with one attached hydrogen (secondary N) is 1. The summed E-state index contributed by atoms with van der Waals surface area (Å²) in [6.07, 6.45) is 1.85. The Balaban J connectivity index is 1.60. The minimum absolute atomic E-state index is 0.815. The molecule has 0 radical (unpaired) electrons. The highest BCUT2D eigenvalue weighted by Gasteiger charge is 2.17. The van der Waals surface area contributed by atoms with Gasteiger partial charge in [0.2, 0.25) is 0 Å². The number of nitrogens with zero attached hydrogens (tertiary/aromatic N) is 2. The first kappa shape index (κ1) is 16.8. The van der Waals surface area contributed by atoms with Crippen LogP contribution in [0.4, 0.5) is 5.69 Å². The molecule has 1 aromatic heterocycles. The predicted octanol–water partition coefficient (Wildman–Crippen LogP) is 3.85. The number of hydrogen-bond donors (Lipinski definition) is 1. The third-order valence-corrected chi connectivity index (χ3v) is 6.82. The van der Waals surface area contributed by atoms with Crippen molar-refractivity contribution in [3.8, 4) is 0 Å². The molecule has 1 fully saturated rings. The zero-order valence-electron chi connectivity index (χ0n) is 14.0. The van der Waals surface area contributed by atoms with Gasteiger partial charge in [-0.1, -0.05) is 22.0 Å². The maximum atomic E-state index is 13.1. The van der Waals surface area contributed by atoms with E-state index in [9.17, 15) is 4.21 Å². The minimum Gasteiger partial charge on any atom is -0.369 e. The molecule has 0 aliphatic carbocycles. The molecule has 1 N–H and O–H groups in total. The molecule has 0 spiro atoms. The maximum absolute atomic E-state index is 13.1. The van der Waals surface area contributed by atoms with Crippen LogP contribution in [0.5, 0.6) is 0 Å². The van der Waals surface area contributed by atoms with Crippen molar-refractivity contribution in [2.75, 3.05) is 38.1 Å². The first-order chi connectivity index (χ1) is 12.1. The third-order valence-electron chi connectivity index (χ3n) is 4.74. The predicted molar refractivity (Wildman–Crippen MR) is 107 cm³/mol. The van der Waals surface area contributed by atoms with E-state index in [0.717, 1.165) is 51.3 Å². The topological polar surface area (TPSA) is 39.3 Å². The van der Waals surface area contributed by atoms with Gasteiger partial charge in [-0.25, -0.2) is 4.21 Å². The second-order valence-electron chi connectivity index (χ2n) is 6.37. The van der Waals surface area contributed by atoms with Gasteiger partial charge in [-0.15, -0.1) is 0 Å². The molecule has 4 nitrogen and oxygen atoms in total. The molecule has 1 unspecified atom stereocenters. The average Bonchev–Trinajstić information content (AvgIpc) is 3.07. The number of anilines is 1. The van der Waals surface area contributed by atoms with Crippen molar-refractivity contribution in [2.45, 2.75) is 9.79 Å². The second-order valence-corrected chi connectivity index (χ2v) is 8.67. The van der Waals surface area contributed by atoms with E-state index in [1.54, 1.807) is 0 Å². The van der Waals surface area contributed by atoms with Crippen LogP contribution in [0, 0.1) is 0 Å². The van der Waals surface area contributed by atoms with Crippen LogP contribution in [0.3, 0.4) is 0 Å². The Labute approximate surface area is 158 Å². The smallest absolute Gasteiger partial charge is 0.0871 e. The monoisotopic (exact) mass is 417 g/mol. The summed E-state index contributed by atoms with van der Waals surface area (Å²) in [5.74, 6) is 0. The number of aromatic nitrogens is 1. The van der Waals surface area contributed by atoms with Gasteiger partial charge in [-0.2, -0.15) is 0 Å². The van der Waals surface area contributed by atoms with Gasteiger partial charge in [0.05, 0.1) is 15.7 Å². The Bertz CT molecular complexity index is 914. The van der Waals surface area contributed by atoms with Crippen molar-refractivity contribution in [3.05, 3.63) is 53.1 Å². The van der Waals surface area contributed by atoms with Crippen LogP contribution in [-0.4, -0.2) is 47.3 Å². The minimum atomic E-state index is -1.21. The van der Waals surface area contributed by atoms with Crippen LogP contribution in [0.15, 0.2) is 62.9 Å². The molecular weight excluding hydrogens is 398 g/mol. The van der Waals surface area contributed by atoms with Crippen LogP contribution in [-0.2, 0) is 10.8 Å². The highest BCUT2D eigenvalue weighted by Crippen LogP contribution is 2.31. The standard InChI is InChI=1S/C19H20BrN3OS/c1-22-9-11-23(12-10-22)14-5-7-15(8-6-14)25(24)18-13-21-17-4-2-3-16(20)19(17)18/h2-8,13,21H,9-12H2,1H3. The summed E-state index contributed by atoms with van der Waals surface area (Å²) in [5, 5.41) is 0.990. The number of aromatic amines is 1. The Morgan fingerprint density at radius 3 is 2.48 bits per heavy atom. The van der Waals surface area contributed by atoms with Crippen molar-refractivity contribution >= 4 is 43.3 Å². The number of benzene rings is 2. The lowest BCUT2D eigenvalue weighted by atomic mass is 10.2. The van der Waals surface area contributed by atoms with E-state index < -0.39 is 10.8 Å². The van der Waals surface area contributed by atoms with Gasteiger partial charge in [0, 0.05) is 58.3 Å². The quantitative estimate of drug-likeness (QED) is 0.703. The molecule has 6 heteroatoms.